The number of nitrogens with one attached hydrogen (secondary N) is 2. The molecule has 1 unspecified atom stereocenters. The van der Waals surface area contributed by atoms with Crippen LogP contribution in [0.3, 0.4) is 0 Å². The minimum atomic E-state index is -0.277. The van der Waals surface area contributed by atoms with E-state index in [1.54, 1.807) is 53.8 Å². The number of ketones is 2. The van der Waals surface area contributed by atoms with Crippen LogP contribution in [0.15, 0.2) is 53.9 Å². The number of carbonyl (C=O) groups is 3. The van der Waals surface area contributed by atoms with Crippen LogP contribution in [0.4, 0.5) is 5.69 Å². The van der Waals surface area contributed by atoms with Crippen LogP contribution >= 0.6 is 11.3 Å². The summed E-state index contributed by atoms with van der Waals surface area (Å²) in [5, 5.41) is 4.97. The molecule has 1 amide bonds. The summed E-state index contributed by atoms with van der Waals surface area (Å²) < 4.78 is 0. The fourth-order valence-corrected chi connectivity index (χ4v) is 4.64. The van der Waals surface area contributed by atoms with Crippen molar-refractivity contribution in [3.05, 3.63) is 86.6 Å². The summed E-state index contributed by atoms with van der Waals surface area (Å²) in [4.78, 5) is 40.7. The quantitative estimate of drug-likeness (QED) is 0.523. The van der Waals surface area contributed by atoms with Gasteiger partial charge in [-0.15, -0.1) is 11.3 Å². The summed E-state index contributed by atoms with van der Waals surface area (Å²) in [7, 11) is 2.00. The first-order chi connectivity index (χ1) is 14.4. The minimum absolute atomic E-state index is 0.128. The van der Waals surface area contributed by atoms with Gasteiger partial charge >= 0.3 is 0 Å². The number of carbonyl (C=O) groups excluding carboxylic acids is 3. The molecule has 2 atom stereocenters. The van der Waals surface area contributed by atoms with Gasteiger partial charge in [0.1, 0.15) is 6.54 Å². The Bertz CT molecular complexity index is 1160. The molecule has 30 heavy (non-hydrogen) atoms. The van der Waals surface area contributed by atoms with Gasteiger partial charge in [0.2, 0.25) is 0 Å². The van der Waals surface area contributed by atoms with Gasteiger partial charge in [0.05, 0.1) is 11.9 Å². The van der Waals surface area contributed by atoms with E-state index in [0.29, 0.717) is 27.9 Å². The van der Waals surface area contributed by atoms with Crippen molar-refractivity contribution in [1.29, 1.82) is 0 Å². The Morgan fingerprint density at radius 2 is 1.63 bits per heavy atom. The number of quaternary nitrogens is 1. The third kappa shape index (κ3) is 3.60. The maximum Gasteiger partial charge on any atom is 0.282 e. The van der Waals surface area contributed by atoms with Crippen LogP contribution < -0.4 is 10.2 Å². The molecule has 6 heteroatoms. The maximum atomic E-state index is 12.9. The topological polar surface area (TPSA) is 67.7 Å². The molecule has 0 saturated carbocycles. The van der Waals surface area contributed by atoms with Crippen molar-refractivity contribution in [2.24, 2.45) is 0 Å². The lowest BCUT2D eigenvalue weighted by Gasteiger charge is -2.22. The summed E-state index contributed by atoms with van der Waals surface area (Å²) in [6, 6.07) is 13.5. The van der Waals surface area contributed by atoms with E-state index in [1.807, 2.05) is 14.0 Å². The summed E-state index contributed by atoms with van der Waals surface area (Å²) in [6.07, 6.45) is 0. The molecule has 1 aliphatic carbocycles. The first kappa shape index (κ1) is 20.2. The maximum absolute atomic E-state index is 12.9. The molecular weight excluding hydrogens is 396 g/mol. The second kappa shape index (κ2) is 7.97. The van der Waals surface area contributed by atoms with Gasteiger partial charge in [-0.2, -0.15) is 0 Å². The predicted octanol–water partition coefficient (Wildman–Crippen LogP) is 2.87. The molecule has 0 saturated heterocycles. The Balaban J connectivity index is 1.52. The molecule has 1 heterocycles. The summed E-state index contributed by atoms with van der Waals surface area (Å²) in [5.41, 5.74) is 3.30. The Labute approximate surface area is 179 Å². The Hall–Kier alpha value is -3.09. The summed E-state index contributed by atoms with van der Waals surface area (Å²) in [5.74, 6) is -0.487. The fraction of sp³-hybridized carbons (Fsp3) is 0.208. The van der Waals surface area contributed by atoms with Crippen molar-refractivity contribution in [1.82, 2.24) is 0 Å². The average molecular weight is 420 g/mol. The number of fused-ring (bicyclic) bond motifs is 2. The Kier molecular flexibility index (Phi) is 5.37. The van der Waals surface area contributed by atoms with Crippen molar-refractivity contribution in [3.63, 3.8) is 0 Å². The normalized spacial score (nSPS) is 14.6. The molecule has 0 aliphatic heterocycles. The lowest BCUT2D eigenvalue weighted by atomic mass is 9.84. The van der Waals surface area contributed by atoms with E-state index in [1.165, 1.54) is 10.4 Å². The second-order valence-corrected chi connectivity index (χ2v) is 8.73. The molecule has 0 radical (unpaired) electrons. The third-order valence-corrected chi connectivity index (χ3v) is 6.76. The van der Waals surface area contributed by atoms with Crippen LogP contribution in [0.2, 0.25) is 0 Å². The van der Waals surface area contributed by atoms with Gasteiger partial charge in [0, 0.05) is 27.9 Å². The van der Waals surface area contributed by atoms with Gasteiger partial charge in [-0.3, -0.25) is 14.4 Å². The highest BCUT2D eigenvalue weighted by Gasteiger charge is 2.30. The van der Waals surface area contributed by atoms with Crippen LogP contribution in [-0.2, 0) is 11.3 Å². The van der Waals surface area contributed by atoms with E-state index in [4.69, 9.17) is 0 Å². The summed E-state index contributed by atoms with van der Waals surface area (Å²) >= 11 is 1.70. The number of benzene rings is 2. The minimum Gasteiger partial charge on any atom is -0.323 e. The van der Waals surface area contributed by atoms with Gasteiger partial charge < -0.3 is 10.2 Å². The molecule has 3 aromatic rings. The number of aryl methyl sites for hydroxylation is 1. The lowest BCUT2D eigenvalue weighted by molar-refractivity contribution is -0.907. The lowest BCUT2D eigenvalue weighted by Crippen LogP contribution is -3.12. The molecule has 4 rings (SSSR count). The van der Waals surface area contributed by atoms with Crippen LogP contribution in [-0.4, -0.2) is 30.6 Å². The van der Waals surface area contributed by atoms with E-state index < -0.39 is 0 Å². The van der Waals surface area contributed by atoms with E-state index in [9.17, 15) is 14.4 Å². The van der Waals surface area contributed by atoms with Crippen molar-refractivity contribution in [3.8, 4) is 0 Å². The van der Waals surface area contributed by atoms with E-state index in [-0.39, 0.29) is 23.5 Å². The molecular formula is C24H23N2O3S+. The van der Waals surface area contributed by atoms with Gasteiger partial charge in [-0.25, -0.2) is 0 Å². The van der Waals surface area contributed by atoms with E-state index in [2.05, 4.69) is 23.7 Å². The van der Waals surface area contributed by atoms with Gasteiger partial charge in [-0.1, -0.05) is 24.3 Å². The standard InChI is InChI=1S/C24H22N2O3S/c1-14-10-11-30-21(14)13-26(3)15(2)24(29)25-16-8-9-19-20(12-16)23(28)18-7-5-4-6-17(18)22(19)27/h4-12,15H,13H2,1-3H3,(H,25,29)/p+1/t15-/m0/s1. The number of hydrogen-bond acceptors (Lipinski definition) is 4. The first-order valence-electron chi connectivity index (χ1n) is 9.85. The van der Waals surface area contributed by atoms with Crippen LogP contribution in [0, 0.1) is 6.92 Å². The van der Waals surface area contributed by atoms with E-state index in [0.717, 1.165) is 11.4 Å². The molecule has 2 aromatic carbocycles. The Morgan fingerprint density at radius 3 is 2.27 bits per heavy atom. The highest BCUT2D eigenvalue weighted by molar-refractivity contribution is 7.10. The van der Waals surface area contributed by atoms with Crippen molar-refractivity contribution >= 4 is 34.5 Å². The van der Waals surface area contributed by atoms with E-state index >= 15 is 0 Å². The fourth-order valence-electron chi connectivity index (χ4n) is 3.64. The molecule has 0 bridgehead atoms. The molecule has 1 aromatic heterocycles. The van der Waals surface area contributed by atoms with Crippen LogP contribution in [0.5, 0.6) is 0 Å². The number of hydrogen-bond donors (Lipinski definition) is 2. The number of anilines is 1. The van der Waals surface area contributed by atoms with Crippen molar-refractivity contribution in [2.45, 2.75) is 26.4 Å². The molecule has 2 N–H and O–H groups in total. The van der Waals surface area contributed by atoms with Gasteiger partial charge in [-0.05, 0) is 49.1 Å². The third-order valence-electron chi connectivity index (χ3n) is 5.73. The molecule has 5 nitrogen and oxygen atoms in total. The average Bonchev–Trinajstić information content (AvgIpc) is 3.15. The second-order valence-electron chi connectivity index (χ2n) is 7.73. The largest absolute Gasteiger partial charge is 0.323 e. The SMILES string of the molecule is Cc1ccsc1C[NH+](C)[C@@H](C)C(=O)Nc1ccc2c(c1)C(=O)c1ccccc1C2=O. The van der Waals surface area contributed by atoms with Crippen molar-refractivity contribution in [2.75, 3.05) is 12.4 Å². The van der Waals surface area contributed by atoms with Gasteiger partial charge in [0.15, 0.2) is 17.6 Å². The number of thiophene rings is 1. The molecule has 1 aliphatic rings. The Morgan fingerprint density at radius 1 is 1.00 bits per heavy atom. The predicted molar refractivity (Wildman–Crippen MR) is 117 cm³/mol. The van der Waals surface area contributed by atoms with Gasteiger partial charge in [0.25, 0.3) is 5.91 Å². The highest BCUT2D eigenvalue weighted by Crippen LogP contribution is 2.29. The van der Waals surface area contributed by atoms with Crippen LogP contribution in [0.25, 0.3) is 0 Å². The molecule has 0 spiro atoms. The zero-order valence-corrected chi connectivity index (χ0v) is 17.9. The highest BCUT2D eigenvalue weighted by atomic mass is 32.1. The number of rotatable bonds is 5. The zero-order valence-electron chi connectivity index (χ0n) is 17.1. The monoisotopic (exact) mass is 419 g/mol. The summed E-state index contributed by atoms with van der Waals surface area (Å²) in [6.45, 7) is 4.73. The first-order valence-corrected chi connectivity index (χ1v) is 10.7. The van der Waals surface area contributed by atoms with Crippen molar-refractivity contribution < 1.29 is 19.3 Å². The smallest absolute Gasteiger partial charge is 0.282 e. The molecule has 152 valence electrons. The molecule has 0 fully saturated rings. The van der Waals surface area contributed by atoms with Crippen LogP contribution in [0.1, 0.15) is 49.2 Å². The number of likely N-dealkylation sites (N-methyl/N-ethyl adjacent to an activating group) is 1. The zero-order chi connectivity index (χ0) is 21.4. The number of amides is 1.